The number of rotatable bonds is 4. The van der Waals surface area contributed by atoms with Crippen molar-refractivity contribution in [3.63, 3.8) is 0 Å². The van der Waals surface area contributed by atoms with Crippen molar-refractivity contribution in [2.45, 2.75) is 38.3 Å². The number of amides is 3. The lowest BCUT2D eigenvalue weighted by Crippen LogP contribution is -2.59. The van der Waals surface area contributed by atoms with Gasteiger partial charge in [-0.05, 0) is 31.7 Å². The Hall–Kier alpha value is -2.03. The van der Waals surface area contributed by atoms with E-state index in [0.29, 0.717) is 0 Å². The Bertz CT molecular complexity index is 773. The van der Waals surface area contributed by atoms with E-state index in [4.69, 9.17) is 11.6 Å². The van der Waals surface area contributed by atoms with Gasteiger partial charge in [0.1, 0.15) is 22.7 Å². The van der Waals surface area contributed by atoms with Gasteiger partial charge in [-0.1, -0.05) is 17.7 Å². The normalized spacial score (nSPS) is 25.9. The third-order valence-electron chi connectivity index (χ3n) is 5.48. The number of urea groups is 1. The Morgan fingerprint density at radius 1 is 1.29 bits per heavy atom. The SMILES string of the molecule is C[C@@H]1C(=O)NCCN1C(=O)N[C@H](c1ccc(F)c(Cl)c1F)C1CC(C(F)F)C1. The van der Waals surface area contributed by atoms with Crippen LogP contribution in [0.2, 0.25) is 5.02 Å². The van der Waals surface area contributed by atoms with Crippen LogP contribution in [0.15, 0.2) is 12.1 Å². The average Bonchev–Trinajstić information content (AvgIpc) is 2.60. The Kier molecular flexibility index (Phi) is 6.02. The highest BCUT2D eigenvalue weighted by atomic mass is 35.5. The van der Waals surface area contributed by atoms with E-state index in [1.807, 2.05) is 0 Å². The zero-order valence-electron chi connectivity index (χ0n) is 15.0. The maximum atomic E-state index is 14.6. The van der Waals surface area contributed by atoms with E-state index in [9.17, 15) is 27.2 Å². The zero-order chi connectivity index (χ0) is 20.6. The first kappa shape index (κ1) is 20.7. The number of hydrogen-bond donors (Lipinski definition) is 2. The molecule has 1 saturated heterocycles. The fraction of sp³-hybridized carbons (Fsp3) is 0.556. The molecule has 28 heavy (non-hydrogen) atoms. The van der Waals surface area contributed by atoms with Gasteiger partial charge in [-0.3, -0.25) is 4.79 Å². The van der Waals surface area contributed by atoms with Gasteiger partial charge in [0.25, 0.3) is 0 Å². The van der Waals surface area contributed by atoms with Gasteiger partial charge < -0.3 is 15.5 Å². The van der Waals surface area contributed by atoms with Crippen molar-refractivity contribution in [1.82, 2.24) is 15.5 Å². The number of alkyl halides is 2. The molecule has 2 atom stereocenters. The predicted molar refractivity (Wildman–Crippen MR) is 94.0 cm³/mol. The quantitative estimate of drug-likeness (QED) is 0.577. The van der Waals surface area contributed by atoms with Gasteiger partial charge >= 0.3 is 6.03 Å². The van der Waals surface area contributed by atoms with Gasteiger partial charge in [0.15, 0.2) is 0 Å². The first-order chi connectivity index (χ1) is 13.2. The van der Waals surface area contributed by atoms with Crippen LogP contribution in [-0.4, -0.2) is 42.4 Å². The number of piperazine rings is 1. The van der Waals surface area contributed by atoms with Crippen LogP contribution in [0.4, 0.5) is 22.4 Å². The van der Waals surface area contributed by atoms with E-state index in [-0.39, 0.29) is 37.4 Å². The molecule has 1 heterocycles. The molecule has 2 fully saturated rings. The number of nitrogens with one attached hydrogen (secondary N) is 2. The molecule has 154 valence electrons. The molecule has 0 unspecified atom stereocenters. The van der Waals surface area contributed by atoms with E-state index in [1.165, 1.54) is 4.90 Å². The lowest BCUT2D eigenvalue weighted by molar-refractivity contribution is -0.127. The molecule has 0 aromatic heterocycles. The molecule has 1 aromatic carbocycles. The lowest BCUT2D eigenvalue weighted by atomic mass is 9.69. The molecule has 2 aliphatic rings. The third kappa shape index (κ3) is 3.90. The molecular weight excluding hydrogens is 402 g/mol. The maximum Gasteiger partial charge on any atom is 0.318 e. The van der Waals surface area contributed by atoms with Crippen LogP contribution in [-0.2, 0) is 4.79 Å². The van der Waals surface area contributed by atoms with Gasteiger partial charge in [-0.25, -0.2) is 22.4 Å². The Morgan fingerprint density at radius 3 is 2.61 bits per heavy atom. The second kappa shape index (κ2) is 8.14. The van der Waals surface area contributed by atoms with Crippen molar-refractivity contribution in [2.24, 2.45) is 11.8 Å². The van der Waals surface area contributed by atoms with Crippen molar-refractivity contribution in [3.05, 3.63) is 34.4 Å². The third-order valence-corrected chi connectivity index (χ3v) is 5.82. The molecule has 0 spiro atoms. The number of nitrogens with zero attached hydrogens (tertiary/aromatic N) is 1. The van der Waals surface area contributed by atoms with Crippen LogP contribution in [0.25, 0.3) is 0 Å². The van der Waals surface area contributed by atoms with Gasteiger partial charge in [0.05, 0.1) is 6.04 Å². The summed E-state index contributed by atoms with van der Waals surface area (Å²) < 4.78 is 53.9. The summed E-state index contributed by atoms with van der Waals surface area (Å²) >= 11 is 5.65. The summed E-state index contributed by atoms with van der Waals surface area (Å²) in [7, 11) is 0. The highest BCUT2D eigenvalue weighted by Gasteiger charge is 2.43. The van der Waals surface area contributed by atoms with Gasteiger partial charge in [-0.15, -0.1) is 0 Å². The van der Waals surface area contributed by atoms with Crippen LogP contribution in [0.1, 0.15) is 31.4 Å². The van der Waals surface area contributed by atoms with Crippen LogP contribution in [0.5, 0.6) is 0 Å². The summed E-state index contributed by atoms with van der Waals surface area (Å²) in [6.07, 6.45) is -2.32. The molecule has 3 amide bonds. The van der Waals surface area contributed by atoms with Crippen molar-refractivity contribution >= 4 is 23.5 Å². The molecule has 0 radical (unpaired) electrons. The molecule has 1 aromatic rings. The topological polar surface area (TPSA) is 61.4 Å². The highest BCUT2D eigenvalue weighted by Crippen LogP contribution is 2.46. The van der Waals surface area contributed by atoms with Crippen molar-refractivity contribution in [2.75, 3.05) is 13.1 Å². The monoisotopic (exact) mass is 421 g/mol. The minimum atomic E-state index is -2.50. The van der Waals surface area contributed by atoms with Gasteiger partial charge in [0, 0.05) is 24.6 Å². The van der Waals surface area contributed by atoms with E-state index in [2.05, 4.69) is 10.6 Å². The summed E-state index contributed by atoms with van der Waals surface area (Å²) in [4.78, 5) is 25.8. The smallest absolute Gasteiger partial charge is 0.318 e. The highest BCUT2D eigenvalue weighted by molar-refractivity contribution is 6.31. The molecular formula is C18H20ClF4N3O2. The molecule has 1 aliphatic carbocycles. The number of halogens is 5. The Morgan fingerprint density at radius 2 is 1.96 bits per heavy atom. The zero-order valence-corrected chi connectivity index (χ0v) is 15.8. The summed E-state index contributed by atoms with van der Waals surface area (Å²) in [6.45, 7) is 2.08. The number of carbonyl (C=O) groups is 2. The van der Waals surface area contributed by atoms with Crippen molar-refractivity contribution in [3.8, 4) is 0 Å². The van der Waals surface area contributed by atoms with Crippen LogP contribution >= 0.6 is 11.6 Å². The Balaban J connectivity index is 1.84. The van der Waals surface area contributed by atoms with Crippen LogP contribution in [0.3, 0.4) is 0 Å². The number of hydrogen-bond acceptors (Lipinski definition) is 2. The fourth-order valence-electron chi connectivity index (χ4n) is 3.69. The molecule has 5 nitrogen and oxygen atoms in total. The molecule has 2 N–H and O–H groups in total. The molecule has 1 saturated carbocycles. The van der Waals surface area contributed by atoms with Crippen molar-refractivity contribution < 1.29 is 27.2 Å². The summed E-state index contributed by atoms with van der Waals surface area (Å²) in [5, 5.41) is 4.55. The van der Waals surface area contributed by atoms with E-state index in [0.717, 1.165) is 12.1 Å². The molecule has 10 heteroatoms. The standard InChI is InChI=1S/C18H20ClF4N3O2/c1-8-17(27)24-4-5-26(8)18(28)25-15(9-6-10(7-9)16(22)23)11-2-3-12(20)13(19)14(11)21/h2-3,8-10,15-16H,4-7H2,1H3,(H,24,27)(H,25,28)/t8-,9?,10?,15+/m1/s1. The largest absolute Gasteiger partial charge is 0.353 e. The van der Waals surface area contributed by atoms with E-state index in [1.54, 1.807) is 6.92 Å². The summed E-state index contributed by atoms with van der Waals surface area (Å²) in [5.74, 6) is -3.59. The Labute approximate surface area is 164 Å². The number of benzene rings is 1. The van der Waals surface area contributed by atoms with E-state index >= 15 is 0 Å². The minimum absolute atomic E-state index is 0.0634. The molecule has 1 aliphatic heterocycles. The van der Waals surface area contributed by atoms with Gasteiger partial charge in [-0.2, -0.15) is 0 Å². The van der Waals surface area contributed by atoms with Crippen LogP contribution in [0, 0.1) is 23.5 Å². The summed E-state index contributed by atoms with van der Waals surface area (Å²) in [6, 6.07) is -0.180. The second-order valence-electron chi connectivity index (χ2n) is 7.18. The first-order valence-corrected chi connectivity index (χ1v) is 9.34. The molecule has 3 rings (SSSR count). The minimum Gasteiger partial charge on any atom is -0.353 e. The van der Waals surface area contributed by atoms with Crippen molar-refractivity contribution in [1.29, 1.82) is 0 Å². The number of carbonyl (C=O) groups excluding carboxylic acids is 2. The lowest BCUT2D eigenvalue weighted by Gasteiger charge is -2.42. The molecule has 0 bridgehead atoms. The average molecular weight is 422 g/mol. The first-order valence-electron chi connectivity index (χ1n) is 8.97. The van der Waals surface area contributed by atoms with Gasteiger partial charge in [0.2, 0.25) is 12.3 Å². The van der Waals surface area contributed by atoms with Crippen LogP contribution < -0.4 is 10.6 Å². The predicted octanol–water partition coefficient (Wildman–Crippen LogP) is 3.48. The second-order valence-corrected chi connectivity index (χ2v) is 7.56. The summed E-state index contributed by atoms with van der Waals surface area (Å²) in [5.41, 5.74) is -0.0634. The fourth-order valence-corrected chi connectivity index (χ4v) is 3.87. The maximum absolute atomic E-state index is 14.6. The van der Waals surface area contributed by atoms with E-state index < -0.39 is 53.0 Å².